The van der Waals surface area contributed by atoms with E-state index in [4.69, 9.17) is 0 Å². The van der Waals surface area contributed by atoms with E-state index in [1.165, 1.54) is 12.8 Å². The molecule has 0 saturated heterocycles. The number of nitrogens with one attached hydrogen (secondary N) is 1. The average Bonchev–Trinajstić information content (AvgIpc) is 3.01. The summed E-state index contributed by atoms with van der Waals surface area (Å²) in [7, 11) is 0. The van der Waals surface area contributed by atoms with Crippen LogP contribution in [-0.4, -0.2) is 17.4 Å². The second kappa shape index (κ2) is 4.75. The first-order valence-electron chi connectivity index (χ1n) is 5.16. The fraction of sp³-hybridized carbons (Fsp3) is 0.455. The zero-order valence-electron chi connectivity index (χ0n) is 8.37. The van der Waals surface area contributed by atoms with Crippen LogP contribution in [0.4, 0.5) is 0 Å². The third-order valence-corrected chi connectivity index (χ3v) is 2.92. The van der Waals surface area contributed by atoms with Crippen molar-refractivity contribution in [3.63, 3.8) is 0 Å². The van der Waals surface area contributed by atoms with Gasteiger partial charge in [0, 0.05) is 6.54 Å². The lowest BCUT2D eigenvalue weighted by atomic mass is 10.3. The molecular formula is C11H13BrN2O. The molecule has 1 aliphatic carbocycles. The van der Waals surface area contributed by atoms with Crippen LogP contribution >= 0.6 is 15.9 Å². The first-order valence-corrected chi connectivity index (χ1v) is 5.96. The summed E-state index contributed by atoms with van der Waals surface area (Å²) in [6.45, 7) is 0.762. The van der Waals surface area contributed by atoms with Gasteiger partial charge >= 0.3 is 0 Å². The molecular weight excluding hydrogens is 256 g/mol. The summed E-state index contributed by atoms with van der Waals surface area (Å²) in [5.41, 5.74) is 0.472. The number of pyridine rings is 1. The summed E-state index contributed by atoms with van der Waals surface area (Å²) < 4.78 is 0.692. The maximum atomic E-state index is 11.6. The molecule has 15 heavy (non-hydrogen) atoms. The molecule has 80 valence electrons. The monoisotopic (exact) mass is 268 g/mol. The summed E-state index contributed by atoms with van der Waals surface area (Å²) in [6.07, 6.45) is 3.75. The van der Waals surface area contributed by atoms with E-state index in [9.17, 15) is 4.79 Å². The molecule has 0 unspecified atom stereocenters. The van der Waals surface area contributed by atoms with Crippen molar-refractivity contribution in [3.8, 4) is 0 Å². The first kappa shape index (κ1) is 10.6. The van der Waals surface area contributed by atoms with Crippen LogP contribution in [0, 0.1) is 5.92 Å². The minimum atomic E-state index is -0.0862. The number of aromatic nitrogens is 1. The highest BCUT2D eigenvalue weighted by Gasteiger charge is 2.20. The van der Waals surface area contributed by atoms with Gasteiger partial charge in [0.1, 0.15) is 10.3 Å². The molecule has 0 aromatic carbocycles. The third kappa shape index (κ3) is 3.30. The average molecular weight is 269 g/mol. The van der Waals surface area contributed by atoms with Gasteiger partial charge in [0.05, 0.1) is 0 Å². The fourth-order valence-electron chi connectivity index (χ4n) is 1.42. The number of hydrogen-bond acceptors (Lipinski definition) is 2. The molecule has 0 aliphatic heterocycles. The minimum Gasteiger partial charge on any atom is -0.351 e. The van der Waals surface area contributed by atoms with E-state index in [0.29, 0.717) is 10.3 Å². The number of amides is 1. The third-order valence-electron chi connectivity index (χ3n) is 2.48. The van der Waals surface area contributed by atoms with Crippen LogP contribution < -0.4 is 5.32 Å². The van der Waals surface area contributed by atoms with Crippen LogP contribution in [0.15, 0.2) is 22.8 Å². The summed E-state index contributed by atoms with van der Waals surface area (Å²) in [5, 5.41) is 2.88. The van der Waals surface area contributed by atoms with Gasteiger partial charge in [-0.3, -0.25) is 4.79 Å². The topological polar surface area (TPSA) is 42.0 Å². The molecule has 2 rings (SSSR count). The molecule has 1 fully saturated rings. The zero-order valence-corrected chi connectivity index (χ0v) is 9.96. The lowest BCUT2D eigenvalue weighted by Crippen LogP contribution is -2.25. The normalized spacial score (nSPS) is 15.0. The Labute approximate surface area is 97.4 Å². The number of halogens is 1. The van der Waals surface area contributed by atoms with Crippen LogP contribution in [-0.2, 0) is 0 Å². The molecule has 1 aromatic rings. The van der Waals surface area contributed by atoms with Crippen LogP contribution in [0.25, 0.3) is 0 Å². The molecule has 0 atom stereocenters. The lowest BCUT2D eigenvalue weighted by Gasteiger charge is -2.03. The fourth-order valence-corrected chi connectivity index (χ4v) is 1.77. The van der Waals surface area contributed by atoms with Crippen molar-refractivity contribution in [3.05, 3.63) is 28.5 Å². The van der Waals surface area contributed by atoms with Crippen molar-refractivity contribution in [2.24, 2.45) is 5.92 Å². The molecule has 1 N–H and O–H groups in total. The molecule has 4 heteroatoms. The maximum Gasteiger partial charge on any atom is 0.269 e. The largest absolute Gasteiger partial charge is 0.351 e. The van der Waals surface area contributed by atoms with Gasteiger partial charge in [-0.25, -0.2) is 4.98 Å². The second-order valence-electron chi connectivity index (χ2n) is 3.83. The predicted molar refractivity (Wildman–Crippen MR) is 61.6 cm³/mol. The van der Waals surface area contributed by atoms with Crippen molar-refractivity contribution in [1.82, 2.24) is 10.3 Å². The Morgan fingerprint density at radius 1 is 1.53 bits per heavy atom. The van der Waals surface area contributed by atoms with Crippen molar-refractivity contribution in [2.75, 3.05) is 6.54 Å². The summed E-state index contributed by atoms with van der Waals surface area (Å²) in [6, 6.07) is 5.34. The van der Waals surface area contributed by atoms with Gasteiger partial charge in [0.2, 0.25) is 0 Å². The summed E-state index contributed by atoms with van der Waals surface area (Å²) >= 11 is 3.24. The number of nitrogens with zero attached hydrogens (tertiary/aromatic N) is 1. The molecule has 1 aromatic heterocycles. The lowest BCUT2D eigenvalue weighted by molar-refractivity contribution is 0.0947. The van der Waals surface area contributed by atoms with Crippen molar-refractivity contribution in [2.45, 2.75) is 19.3 Å². The van der Waals surface area contributed by atoms with Crippen LogP contribution in [0.5, 0.6) is 0 Å². The predicted octanol–water partition coefficient (Wildman–Crippen LogP) is 2.37. The molecule has 3 nitrogen and oxygen atoms in total. The zero-order chi connectivity index (χ0) is 10.7. The van der Waals surface area contributed by atoms with Crippen LogP contribution in [0.3, 0.4) is 0 Å². The highest BCUT2D eigenvalue weighted by Crippen LogP contribution is 2.31. The first-order chi connectivity index (χ1) is 7.25. The Hall–Kier alpha value is -0.900. The molecule has 0 spiro atoms. The Morgan fingerprint density at radius 3 is 3.00 bits per heavy atom. The van der Waals surface area contributed by atoms with E-state index in [1.807, 2.05) is 6.07 Å². The molecule has 1 aliphatic rings. The van der Waals surface area contributed by atoms with Gasteiger partial charge in [-0.1, -0.05) is 18.9 Å². The van der Waals surface area contributed by atoms with Gasteiger partial charge in [0.15, 0.2) is 0 Å². The van der Waals surface area contributed by atoms with Crippen LogP contribution in [0.1, 0.15) is 29.8 Å². The Morgan fingerprint density at radius 2 is 2.33 bits per heavy atom. The Bertz CT molecular complexity index is 363. The molecule has 0 radical (unpaired) electrons. The van der Waals surface area contributed by atoms with E-state index in [2.05, 4.69) is 26.2 Å². The summed E-state index contributed by atoms with van der Waals surface area (Å²) in [4.78, 5) is 15.7. The number of carbonyl (C=O) groups is 1. The van der Waals surface area contributed by atoms with E-state index < -0.39 is 0 Å². The van der Waals surface area contributed by atoms with E-state index >= 15 is 0 Å². The van der Waals surface area contributed by atoms with E-state index in [1.54, 1.807) is 12.1 Å². The standard InChI is InChI=1S/C11H13BrN2O/c12-10-3-1-2-9(14-10)11(15)13-7-6-8-4-5-8/h1-3,8H,4-7H2,(H,13,15). The van der Waals surface area contributed by atoms with Gasteiger partial charge < -0.3 is 5.32 Å². The number of carbonyl (C=O) groups excluding carboxylic acids is 1. The minimum absolute atomic E-state index is 0.0862. The van der Waals surface area contributed by atoms with E-state index in [0.717, 1.165) is 18.9 Å². The number of rotatable bonds is 4. The molecule has 1 heterocycles. The van der Waals surface area contributed by atoms with Gasteiger partial charge in [0.25, 0.3) is 5.91 Å². The van der Waals surface area contributed by atoms with Crippen molar-refractivity contribution < 1.29 is 4.79 Å². The molecule has 1 amide bonds. The molecule has 1 saturated carbocycles. The molecule has 0 bridgehead atoms. The van der Waals surface area contributed by atoms with Crippen LogP contribution in [0.2, 0.25) is 0 Å². The highest BCUT2D eigenvalue weighted by molar-refractivity contribution is 9.10. The van der Waals surface area contributed by atoms with Gasteiger partial charge in [-0.2, -0.15) is 0 Å². The van der Waals surface area contributed by atoms with Crippen molar-refractivity contribution in [1.29, 1.82) is 0 Å². The maximum absolute atomic E-state index is 11.6. The highest BCUT2D eigenvalue weighted by atomic mass is 79.9. The Balaban J connectivity index is 1.83. The number of hydrogen-bond donors (Lipinski definition) is 1. The van der Waals surface area contributed by atoms with Gasteiger partial charge in [-0.15, -0.1) is 0 Å². The SMILES string of the molecule is O=C(NCCC1CC1)c1cccc(Br)n1. The van der Waals surface area contributed by atoms with E-state index in [-0.39, 0.29) is 5.91 Å². The van der Waals surface area contributed by atoms with Gasteiger partial charge in [-0.05, 0) is 40.4 Å². The van der Waals surface area contributed by atoms with Crippen molar-refractivity contribution >= 4 is 21.8 Å². The second-order valence-corrected chi connectivity index (χ2v) is 4.65. The Kier molecular flexibility index (Phi) is 3.36. The quantitative estimate of drug-likeness (QED) is 0.853. The smallest absolute Gasteiger partial charge is 0.269 e. The summed E-state index contributed by atoms with van der Waals surface area (Å²) in [5.74, 6) is 0.762.